The van der Waals surface area contributed by atoms with Crippen molar-refractivity contribution in [2.45, 2.75) is 31.6 Å². The van der Waals surface area contributed by atoms with Crippen LogP contribution < -0.4 is 10.5 Å². The second-order valence-electron chi connectivity index (χ2n) is 4.62. The molecule has 0 amide bonds. The molecular formula is C12H19FN2O2S. The third-order valence-electron chi connectivity index (χ3n) is 2.51. The molecule has 3 N–H and O–H groups in total. The minimum absolute atomic E-state index is 0.0755. The Hall–Kier alpha value is -1.14. The number of nitrogens with two attached hydrogens (primary N) is 1. The van der Waals surface area contributed by atoms with Crippen LogP contribution in [-0.4, -0.2) is 15.0 Å². The van der Waals surface area contributed by atoms with Gasteiger partial charge in [0.15, 0.2) is 0 Å². The van der Waals surface area contributed by atoms with Gasteiger partial charge in [-0.15, -0.1) is 0 Å². The smallest absolute Gasteiger partial charge is 0.242 e. The molecule has 0 heterocycles. The normalized spacial score (nSPS) is 12.0. The van der Waals surface area contributed by atoms with Crippen molar-refractivity contribution in [2.75, 3.05) is 12.3 Å². The summed E-state index contributed by atoms with van der Waals surface area (Å²) in [5.41, 5.74) is 5.42. The number of benzene rings is 1. The van der Waals surface area contributed by atoms with E-state index in [1.807, 2.05) is 0 Å². The van der Waals surface area contributed by atoms with Crippen LogP contribution >= 0.6 is 0 Å². The molecule has 4 nitrogen and oxygen atoms in total. The van der Waals surface area contributed by atoms with E-state index in [1.54, 1.807) is 0 Å². The first kappa shape index (κ1) is 14.9. The quantitative estimate of drug-likeness (QED) is 0.616. The minimum Gasteiger partial charge on any atom is -0.398 e. The van der Waals surface area contributed by atoms with Crippen LogP contribution in [0.15, 0.2) is 23.1 Å². The fourth-order valence-electron chi connectivity index (χ4n) is 1.56. The molecule has 0 saturated carbocycles. The molecule has 6 heteroatoms. The van der Waals surface area contributed by atoms with Crippen molar-refractivity contribution >= 4 is 15.7 Å². The van der Waals surface area contributed by atoms with E-state index in [2.05, 4.69) is 18.6 Å². The first-order chi connectivity index (χ1) is 8.33. The van der Waals surface area contributed by atoms with Gasteiger partial charge in [0.05, 0.1) is 5.69 Å². The minimum atomic E-state index is -3.65. The lowest BCUT2D eigenvalue weighted by Crippen LogP contribution is -2.25. The fourth-order valence-corrected chi connectivity index (χ4v) is 2.74. The predicted molar refractivity (Wildman–Crippen MR) is 70.1 cm³/mol. The molecule has 1 aromatic carbocycles. The van der Waals surface area contributed by atoms with E-state index in [0.29, 0.717) is 12.5 Å². The molecular weight excluding hydrogens is 255 g/mol. The summed E-state index contributed by atoms with van der Waals surface area (Å²) < 4.78 is 39.1. The Morgan fingerprint density at radius 1 is 1.39 bits per heavy atom. The van der Waals surface area contributed by atoms with Crippen LogP contribution in [0.2, 0.25) is 0 Å². The first-order valence-corrected chi connectivity index (χ1v) is 7.36. The molecule has 0 aliphatic carbocycles. The van der Waals surface area contributed by atoms with Gasteiger partial charge in [-0.1, -0.05) is 13.8 Å². The van der Waals surface area contributed by atoms with E-state index in [-0.39, 0.29) is 10.6 Å². The SMILES string of the molecule is CC(C)CCCNS(=O)(=O)c1ccc(F)cc1N. The molecule has 0 unspecified atom stereocenters. The molecule has 1 aromatic rings. The lowest BCUT2D eigenvalue weighted by atomic mass is 10.1. The number of nitrogens with one attached hydrogen (secondary N) is 1. The number of hydrogen-bond acceptors (Lipinski definition) is 3. The number of hydrogen-bond donors (Lipinski definition) is 2. The van der Waals surface area contributed by atoms with Crippen molar-refractivity contribution in [1.29, 1.82) is 0 Å². The predicted octanol–water partition coefficient (Wildman–Crippen LogP) is 2.12. The van der Waals surface area contributed by atoms with Crippen molar-refractivity contribution in [2.24, 2.45) is 5.92 Å². The lowest BCUT2D eigenvalue weighted by Gasteiger charge is -2.09. The van der Waals surface area contributed by atoms with Crippen LogP contribution in [-0.2, 0) is 10.0 Å². The highest BCUT2D eigenvalue weighted by Crippen LogP contribution is 2.18. The highest BCUT2D eigenvalue weighted by Gasteiger charge is 2.17. The first-order valence-electron chi connectivity index (χ1n) is 5.87. The summed E-state index contributed by atoms with van der Waals surface area (Å²) in [7, 11) is -3.65. The molecule has 0 radical (unpaired) electrons. The summed E-state index contributed by atoms with van der Waals surface area (Å²) in [5.74, 6) is -0.0170. The molecule has 0 aliphatic heterocycles. The zero-order valence-corrected chi connectivity index (χ0v) is 11.4. The summed E-state index contributed by atoms with van der Waals surface area (Å²) in [4.78, 5) is -0.0755. The van der Waals surface area contributed by atoms with Crippen LogP contribution in [0.25, 0.3) is 0 Å². The van der Waals surface area contributed by atoms with Crippen LogP contribution in [0, 0.1) is 11.7 Å². The Morgan fingerprint density at radius 2 is 2.06 bits per heavy atom. The lowest BCUT2D eigenvalue weighted by molar-refractivity contribution is 0.540. The van der Waals surface area contributed by atoms with E-state index >= 15 is 0 Å². The van der Waals surface area contributed by atoms with Crippen LogP contribution in [0.4, 0.5) is 10.1 Å². The maximum atomic E-state index is 12.8. The van der Waals surface area contributed by atoms with Gasteiger partial charge in [-0.2, -0.15) is 0 Å². The van der Waals surface area contributed by atoms with Crippen LogP contribution in [0.1, 0.15) is 26.7 Å². The van der Waals surface area contributed by atoms with Gasteiger partial charge in [0.1, 0.15) is 10.7 Å². The fraction of sp³-hybridized carbons (Fsp3) is 0.500. The number of sulfonamides is 1. The third-order valence-corrected chi connectivity index (χ3v) is 4.05. The van der Waals surface area contributed by atoms with Crippen molar-refractivity contribution in [3.63, 3.8) is 0 Å². The molecule has 102 valence electrons. The third kappa shape index (κ3) is 4.27. The Balaban J connectivity index is 2.69. The zero-order valence-electron chi connectivity index (χ0n) is 10.6. The summed E-state index contributed by atoms with van der Waals surface area (Å²) in [6.07, 6.45) is 1.71. The molecule has 0 atom stereocenters. The number of anilines is 1. The van der Waals surface area contributed by atoms with E-state index in [1.165, 1.54) is 6.07 Å². The standard InChI is InChI=1S/C12H19FN2O2S/c1-9(2)4-3-7-15-18(16,17)12-6-5-10(13)8-11(12)14/h5-6,8-9,15H,3-4,7,14H2,1-2H3. The van der Waals surface area contributed by atoms with Gasteiger partial charge < -0.3 is 5.73 Å². The van der Waals surface area contributed by atoms with E-state index in [4.69, 9.17) is 5.73 Å². The highest BCUT2D eigenvalue weighted by molar-refractivity contribution is 7.89. The molecule has 0 fully saturated rings. The number of halogens is 1. The van der Waals surface area contributed by atoms with E-state index in [0.717, 1.165) is 25.0 Å². The van der Waals surface area contributed by atoms with Crippen molar-refractivity contribution < 1.29 is 12.8 Å². The van der Waals surface area contributed by atoms with Gasteiger partial charge in [-0.05, 0) is 37.0 Å². The molecule has 1 rings (SSSR count). The average Bonchev–Trinajstić information content (AvgIpc) is 2.23. The Morgan fingerprint density at radius 3 is 2.61 bits per heavy atom. The Kier molecular flexibility index (Phi) is 5.10. The van der Waals surface area contributed by atoms with Gasteiger partial charge in [0, 0.05) is 6.54 Å². The van der Waals surface area contributed by atoms with Crippen LogP contribution in [0.3, 0.4) is 0 Å². The summed E-state index contributed by atoms with van der Waals surface area (Å²) in [5, 5.41) is 0. The van der Waals surface area contributed by atoms with Gasteiger partial charge >= 0.3 is 0 Å². The second kappa shape index (κ2) is 6.15. The van der Waals surface area contributed by atoms with Gasteiger partial charge in [-0.3, -0.25) is 0 Å². The van der Waals surface area contributed by atoms with Crippen LogP contribution in [0.5, 0.6) is 0 Å². The summed E-state index contributed by atoms with van der Waals surface area (Å²) in [6.45, 7) is 4.51. The topological polar surface area (TPSA) is 72.2 Å². The Bertz CT molecular complexity index is 501. The van der Waals surface area contributed by atoms with Crippen molar-refractivity contribution in [3.05, 3.63) is 24.0 Å². The zero-order chi connectivity index (χ0) is 13.8. The monoisotopic (exact) mass is 274 g/mol. The summed E-state index contributed by atoms with van der Waals surface area (Å²) in [6, 6.07) is 3.26. The van der Waals surface area contributed by atoms with Gasteiger partial charge in [0.2, 0.25) is 10.0 Å². The van der Waals surface area contributed by atoms with Crippen molar-refractivity contribution in [3.8, 4) is 0 Å². The van der Waals surface area contributed by atoms with Gasteiger partial charge in [-0.25, -0.2) is 17.5 Å². The number of nitrogen functional groups attached to an aromatic ring is 1. The van der Waals surface area contributed by atoms with Crippen molar-refractivity contribution in [1.82, 2.24) is 4.72 Å². The van der Waals surface area contributed by atoms with Gasteiger partial charge in [0.25, 0.3) is 0 Å². The molecule has 0 spiro atoms. The molecule has 0 bridgehead atoms. The number of rotatable bonds is 6. The maximum Gasteiger partial charge on any atom is 0.242 e. The maximum absolute atomic E-state index is 12.8. The summed E-state index contributed by atoms with van der Waals surface area (Å²) >= 11 is 0. The Labute approximate surface area is 107 Å². The highest BCUT2D eigenvalue weighted by atomic mass is 32.2. The molecule has 0 saturated heterocycles. The largest absolute Gasteiger partial charge is 0.398 e. The molecule has 0 aliphatic rings. The molecule has 18 heavy (non-hydrogen) atoms. The van der Waals surface area contributed by atoms with E-state index in [9.17, 15) is 12.8 Å². The molecule has 0 aromatic heterocycles. The second-order valence-corrected chi connectivity index (χ2v) is 6.35. The van der Waals surface area contributed by atoms with E-state index < -0.39 is 15.8 Å². The average molecular weight is 274 g/mol.